The number of carbonyl (C=O) groups is 2. The SMILES string of the molecule is N=C(N)c1ccc(NC(=O)c2cc(Cl)ccc2NCc2ccccc2SCC(=O)O)cc1. The van der Waals surface area contributed by atoms with Gasteiger partial charge in [0.1, 0.15) is 5.84 Å². The number of aliphatic carboxylic acids is 1. The molecule has 9 heteroatoms. The molecule has 1 amide bonds. The molecule has 0 unspecified atom stereocenters. The second-order valence-electron chi connectivity index (χ2n) is 6.78. The van der Waals surface area contributed by atoms with Gasteiger partial charge in [-0.2, -0.15) is 0 Å². The Balaban J connectivity index is 1.76. The second-order valence-corrected chi connectivity index (χ2v) is 8.23. The Hall–Kier alpha value is -3.49. The molecule has 0 heterocycles. The zero-order chi connectivity index (χ0) is 23.1. The molecule has 0 saturated carbocycles. The monoisotopic (exact) mass is 468 g/mol. The Bertz CT molecular complexity index is 1150. The Kier molecular flexibility index (Phi) is 7.75. The van der Waals surface area contributed by atoms with Crippen molar-refractivity contribution in [1.29, 1.82) is 5.41 Å². The number of carboxylic acids is 1. The highest BCUT2D eigenvalue weighted by Gasteiger charge is 2.14. The van der Waals surface area contributed by atoms with E-state index in [1.807, 2.05) is 24.3 Å². The van der Waals surface area contributed by atoms with Crippen molar-refractivity contribution in [3.63, 3.8) is 0 Å². The highest BCUT2D eigenvalue weighted by molar-refractivity contribution is 8.00. The van der Waals surface area contributed by atoms with Gasteiger partial charge in [-0.25, -0.2) is 0 Å². The highest BCUT2D eigenvalue weighted by atomic mass is 35.5. The molecule has 0 fully saturated rings. The zero-order valence-electron chi connectivity index (χ0n) is 16.9. The van der Waals surface area contributed by atoms with Crippen LogP contribution in [0.2, 0.25) is 5.02 Å². The van der Waals surface area contributed by atoms with Gasteiger partial charge < -0.3 is 21.5 Å². The molecule has 0 aliphatic carbocycles. The number of amidine groups is 1. The van der Waals surface area contributed by atoms with E-state index in [2.05, 4.69) is 10.6 Å². The normalized spacial score (nSPS) is 10.4. The van der Waals surface area contributed by atoms with Crippen LogP contribution in [0.4, 0.5) is 11.4 Å². The molecule has 3 aromatic rings. The fourth-order valence-corrected chi connectivity index (χ4v) is 3.86. The number of carboxylic acid groups (broad SMARTS) is 1. The summed E-state index contributed by atoms with van der Waals surface area (Å²) in [5, 5.41) is 22.9. The first-order valence-electron chi connectivity index (χ1n) is 9.55. The standard InChI is InChI=1S/C23H21ClN4O3S/c24-16-7-10-19(27-12-15-3-1-2-4-20(15)32-13-21(29)30)18(11-16)23(31)28-17-8-5-14(6-9-17)22(25)26/h1-11,27H,12-13H2,(H3,25,26)(H,28,31)(H,29,30). The number of carbonyl (C=O) groups excluding carboxylic acids is 1. The van der Waals surface area contributed by atoms with Gasteiger partial charge in [0.15, 0.2) is 0 Å². The van der Waals surface area contributed by atoms with Crippen molar-refractivity contribution in [1.82, 2.24) is 0 Å². The van der Waals surface area contributed by atoms with E-state index in [0.29, 0.717) is 34.1 Å². The summed E-state index contributed by atoms with van der Waals surface area (Å²) in [5.74, 6) is -1.32. The predicted molar refractivity (Wildman–Crippen MR) is 129 cm³/mol. The minimum Gasteiger partial charge on any atom is -0.481 e. The van der Waals surface area contributed by atoms with Crippen molar-refractivity contribution in [2.75, 3.05) is 16.4 Å². The number of nitrogens with one attached hydrogen (secondary N) is 3. The molecule has 0 aliphatic rings. The van der Waals surface area contributed by atoms with Gasteiger partial charge in [0.05, 0.1) is 11.3 Å². The van der Waals surface area contributed by atoms with E-state index >= 15 is 0 Å². The van der Waals surface area contributed by atoms with Crippen molar-refractivity contribution >= 4 is 52.4 Å². The summed E-state index contributed by atoms with van der Waals surface area (Å²) in [6.45, 7) is 0.401. The largest absolute Gasteiger partial charge is 0.481 e. The van der Waals surface area contributed by atoms with Crippen LogP contribution < -0.4 is 16.4 Å². The predicted octanol–water partition coefficient (Wildman–Crippen LogP) is 4.67. The van der Waals surface area contributed by atoms with E-state index in [-0.39, 0.29) is 17.5 Å². The smallest absolute Gasteiger partial charge is 0.313 e. The maximum absolute atomic E-state index is 12.9. The van der Waals surface area contributed by atoms with Crippen LogP contribution in [0, 0.1) is 5.41 Å². The molecule has 0 spiro atoms. The van der Waals surface area contributed by atoms with E-state index in [0.717, 1.165) is 10.5 Å². The van der Waals surface area contributed by atoms with Crippen LogP contribution in [0.3, 0.4) is 0 Å². The fourth-order valence-electron chi connectivity index (χ4n) is 2.91. The molecule has 164 valence electrons. The minimum atomic E-state index is -0.884. The Morgan fingerprint density at radius 1 is 1.06 bits per heavy atom. The lowest BCUT2D eigenvalue weighted by molar-refractivity contribution is -0.133. The first kappa shape index (κ1) is 23.2. The maximum atomic E-state index is 12.9. The van der Waals surface area contributed by atoms with Gasteiger partial charge >= 0.3 is 5.97 Å². The number of nitrogens with two attached hydrogens (primary N) is 1. The van der Waals surface area contributed by atoms with Crippen LogP contribution in [0.1, 0.15) is 21.5 Å². The van der Waals surface area contributed by atoms with E-state index in [1.54, 1.807) is 42.5 Å². The van der Waals surface area contributed by atoms with Gasteiger partial charge in [-0.05, 0) is 54.1 Å². The van der Waals surface area contributed by atoms with Crippen molar-refractivity contribution in [2.45, 2.75) is 11.4 Å². The zero-order valence-corrected chi connectivity index (χ0v) is 18.5. The van der Waals surface area contributed by atoms with Gasteiger partial charge in [-0.3, -0.25) is 15.0 Å². The summed E-state index contributed by atoms with van der Waals surface area (Å²) in [6.07, 6.45) is 0. The summed E-state index contributed by atoms with van der Waals surface area (Å²) in [6, 6.07) is 19.1. The van der Waals surface area contributed by atoms with Crippen molar-refractivity contribution in [3.05, 3.63) is 88.4 Å². The maximum Gasteiger partial charge on any atom is 0.313 e. The van der Waals surface area contributed by atoms with Gasteiger partial charge in [-0.1, -0.05) is 29.8 Å². The molecule has 32 heavy (non-hydrogen) atoms. The molecular formula is C23H21ClN4O3S. The third-order valence-corrected chi connectivity index (χ3v) is 5.81. The highest BCUT2D eigenvalue weighted by Crippen LogP contribution is 2.26. The van der Waals surface area contributed by atoms with Crippen molar-refractivity contribution in [2.24, 2.45) is 5.73 Å². The first-order valence-corrected chi connectivity index (χ1v) is 10.9. The Morgan fingerprint density at radius 2 is 1.78 bits per heavy atom. The quantitative estimate of drug-likeness (QED) is 0.176. The molecule has 0 aromatic heterocycles. The average molecular weight is 469 g/mol. The lowest BCUT2D eigenvalue weighted by Gasteiger charge is -2.15. The molecule has 0 atom stereocenters. The van der Waals surface area contributed by atoms with Crippen LogP contribution in [0.5, 0.6) is 0 Å². The topological polar surface area (TPSA) is 128 Å². The molecule has 3 aromatic carbocycles. The first-order chi connectivity index (χ1) is 15.3. The summed E-state index contributed by atoms with van der Waals surface area (Å²) in [4.78, 5) is 24.7. The third kappa shape index (κ3) is 6.26. The summed E-state index contributed by atoms with van der Waals surface area (Å²) in [7, 11) is 0. The minimum absolute atomic E-state index is 0.0337. The molecule has 0 radical (unpaired) electrons. The van der Waals surface area contributed by atoms with E-state index in [4.69, 9.17) is 27.9 Å². The third-order valence-electron chi connectivity index (χ3n) is 4.47. The van der Waals surface area contributed by atoms with Gasteiger partial charge in [0, 0.05) is 33.4 Å². The number of nitrogen functional groups attached to an aromatic ring is 1. The van der Waals surface area contributed by atoms with Crippen molar-refractivity contribution < 1.29 is 14.7 Å². The van der Waals surface area contributed by atoms with Gasteiger partial charge in [0.2, 0.25) is 0 Å². The van der Waals surface area contributed by atoms with E-state index in [9.17, 15) is 9.59 Å². The average Bonchev–Trinajstić information content (AvgIpc) is 2.77. The second kappa shape index (κ2) is 10.7. The van der Waals surface area contributed by atoms with Crippen LogP contribution in [-0.4, -0.2) is 28.6 Å². The molecule has 0 bridgehead atoms. The number of halogens is 1. The summed E-state index contributed by atoms with van der Waals surface area (Å²) in [5.41, 5.74) is 8.45. The molecular weight excluding hydrogens is 448 g/mol. The van der Waals surface area contributed by atoms with Crippen LogP contribution in [-0.2, 0) is 11.3 Å². The van der Waals surface area contributed by atoms with Crippen molar-refractivity contribution in [3.8, 4) is 0 Å². The molecule has 0 aliphatic heterocycles. The number of benzene rings is 3. The number of hydrogen-bond donors (Lipinski definition) is 5. The number of amides is 1. The lowest BCUT2D eigenvalue weighted by atomic mass is 10.1. The molecule has 3 rings (SSSR count). The summed E-state index contributed by atoms with van der Waals surface area (Å²) < 4.78 is 0. The van der Waals surface area contributed by atoms with Crippen LogP contribution in [0.15, 0.2) is 71.6 Å². The Labute approximate surface area is 194 Å². The number of rotatable bonds is 9. The Morgan fingerprint density at radius 3 is 2.47 bits per heavy atom. The van der Waals surface area contributed by atoms with Gasteiger partial charge in [-0.15, -0.1) is 11.8 Å². The van der Waals surface area contributed by atoms with E-state index in [1.165, 1.54) is 11.8 Å². The fraction of sp³-hybridized carbons (Fsp3) is 0.0870. The molecule has 0 saturated heterocycles. The number of thioether (sulfide) groups is 1. The summed E-state index contributed by atoms with van der Waals surface area (Å²) >= 11 is 7.37. The molecule has 7 nitrogen and oxygen atoms in total. The van der Waals surface area contributed by atoms with Crippen LogP contribution >= 0.6 is 23.4 Å². The van der Waals surface area contributed by atoms with E-state index < -0.39 is 5.97 Å². The lowest BCUT2D eigenvalue weighted by Crippen LogP contribution is -2.15. The number of hydrogen-bond acceptors (Lipinski definition) is 5. The van der Waals surface area contributed by atoms with Gasteiger partial charge in [0.25, 0.3) is 5.91 Å². The number of anilines is 2. The van der Waals surface area contributed by atoms with Crippen LogP contribution in [0.25, 0.3) is 0 Å². The molecule has 6 N–H and O–H groups in total.